The van der Waals surface area contributed by atoms with Crippen molar-refractivity contribution in [3.8, 4) is 0 Å². The molecule has 42 heteroatoms. The number of piperidine rings is 3. The number of alkyl halides is 6. The van der Waals surface area contributed by atoms with Crippen molar-refractivity contribution in [2.75, 3.05) is 112 Å². The topological polar surface area (TPSA) is 419 Å². The Balaban J connectivity index is 0.000000149. The van der Waals surface area contributed by atoms with Crippen molar-refractivity contribution in [1.82, 2.24) is 65.8 Å². The number of nitrogens with one attached hydrogen (secondary N) is 2. The maximum Gasteiger partial charge on any atom is 0.405 e. The Kier molecular flexibility index (Phi) is 23.7. The van der Waals surface area contributed by atoms with Crippen molar-refractivity contribution >= 4 is 136 Å². The lowest BCUT2D eigenvalue weighted by Crippen LogP contribution is -2.56. The largest absolute Gasteiger partial charge is 0.405 e. The zero-order valence-electron chi connectivity index (χ0n) is 58.6. The molecule has 9 aromatic rings. The minimum Gasteiger partial charge on any atom is -0.374 e. The van der Waals surface area contributed by atoms with Gasteiger partial charge in [-0.2, -0.15) is 26.3 Å². The molecule has 3 saturated heterocycles. The van der Waals surface area contributed by atoms with Crippen molar-refractivity contribution in [2.24, 2.45) is 5.73 Å². The summed E-state index contributed by atoms with van der Waals surface area (Å²) < 4.78 is 119. The number of aromatic nitrogens is 12. The van der Waals surface area contributed by atoms with Gasteiger partial charge in [-0.05, 0) is 125 Å². The highest BCUT2D eigenvalue weighted by Crippen LogP contribution is 2.48. The summed E-state index contributed by atoms with van der Waals surface area (Å²) in [5, 5.41) is 30.8. The summed E-state index contributed by atoms with van der Waals surface area (Å²) in [6, 6.07) is 23.3. The SMILES string of the molecule is Cc1ccc(N2Cc3cnc(NCC(F)(F)F)nc3C3(CCN(c4nnc(N)s4)CC3)C2=O)cc1.Cc1ccc(N2Cc3cnc(S(C)(=O)=O)nc3C3(CCN(c4nnc(N)s4)CC3)C2=O)cc1.Cc1ccc(N2Cc3cnc(S(C)(=O)=O)nc3C3(CCNCC3)C2=O)cc1.NCC(F)(F)F.Nc1nnc(Br)s1. The molecule has 108 heavy (non-hydrogen) atoms. The summed E-state index contributed by atoms with van der Waals surface area (Å²) in [5.41, 5.74) is 27.6. The number of carbonyl (C=O) groups excluding carboxylic acids is 3. The Bertz CT molecular complexity index is 4970. The number of carbonyl (C=O) groups is 3. The first-order valence-electron chi connectivity index (χ1n) is 33.3. The van der Waals surface area contributed by atoms with Gasteiger partial charge in [0, 0.05) is 91.0 Å². The van der Waals surface area contributed by atoms with E-state index in [1.165, 1.54) is 40.2 Å². The molecule has 6 aromatic heterocycles. The number of rotatable bonds is 9. The minimum absolute atomic E-state index is 0.0153. The second-order valence-corrected chi connectivity index (χ2v) is 34.4. The van der Waals surface area contributed by atoms with Crippen LogP contribution >= 0.6 is 49.9 Å². The molecule has 0 bridgehead atoms. The van der Waals surface area contributed by atoms with Crippen molar-refractivity contribution < 1.29 is 57.6 Å². The van der Waals surface area contributed by atoms with E-state index in [1.807, 2.05) is 98.5 Å². The van der Waals surface area contributed by atoms with Crippen LogP contribution in [0.4, 0.5) is 75.0 Å². The first kappa shape index (κ1) is 79.7. The van der Waals surface area contributed by atoms with Gasteiger partial charge in [-0.1, -0.05) is 87.1 Å². The lowest BCUT2D eigenvalue weighted by Gasteiger charge is -2.46. The van der Waals surface area contributed by atoms with Crippen LogP contribution in [0.5, 0.6) is 0 Å². The fourth-order valence-electron chi connectivity index (χ4n) is 13.3. The summed E-state index contributed by atoms with van der Waals surface area (Å²) in [5.74, 6) is -0.353. The van der Waals surface area contributed by atoms with Gasteiger partial charge in [0.15, 0.2) is 3.92 Å². The summed E-state index contributed by atoms with van der Waals surface area (Å²) in [6.45, 7) is 7.81. The molecule has 3 amide bonds. The Morgan fingerprint density at radius 3 is 1.13 bits per heavy atom. The number of aryl methyl sites for hydroxylation is 3. The van der Waals surface area contributed by atoms with Crippen LogP contribution in [0.25, 0.3) is 0 Å². The Morgan fingerprint density at radius 2 is 0.833 bits per heavy atom. The van der Waals surface area contributed by atoms with Crippen molar-refractivity contribution in [1.29, 1.82) is 0 Å². The highest BCUT2D eigenvalue weighted by Gasteiger charge is 2.54. The van der Waals surface area contributed by atoms with Gasteiger partial charge in [0.2, 0.25) is 79.3 Å². The number of hydrogen-bond acceptors (Lipinski definition) is 30. The number of sulfone groups is 2. The van der Waals surface area contributed by atoms with E-state index >= 15 is 0 Å². The van der Waals surface area contributed by atoms with E-state index in [4.69, 9.17) is 17.2 Å². The Hall–Kier alpha value is -9.33. The second kappa shape index (κ2) is 32.1. The van der Waals surface area contributed by atoms with Gasteiger partial charge in [0.1, 0.15) is 6.54 Å². The molecule has 0 saturated carbocycles. The molecule has 30 nitrogen and oxygen atoms in total. The lowest BCUT2D eigenvalue weighted by molar-refractivity contribution is -0.126. The Labute approximate surface area is 636 Å². The first-order chi connectivity index (χ1) is 51.0. The quantitative estimate of drug-likeness (QED) is 0.0594. The molecular weight excluding hydrogens is 1580 g/mol. The first-order valence-corrected chi connectivity index (χ1v) is 40.4. The standard InChI is InChI=1S/C22H23F3N8OS.C21H23N7O3S2.C19H22N4O3S.C2H2BrN3S.C2H4F3N/c1-13-2-4-15(5-3-13)33-11-14-10-27-19(28-12-22(23,24)25)29-16(14)21(17(33)34)6-8-32(9-7-21)20-31-30-18(26)35-20;1-13-3-5-15(6-4-13)28-12-14-11-23-19(33(2,30)31)24-16(14)21(17(28)29)7-9-27(10-8-21)20-26-25-18(22)32-20;1-13-3-5-15(6-4-13)23-12-14-11-21-18(27(2,25)26)22-16(14)19(17(23)24)7-9-20-10-8-19;3-1-5-6-2(4)7-1;3-2(4,5)1-6/h2-5,10H,6-9,11-12H2,1H3,(H2,26,30)(H,27,28,29);3-6,11H,7-10,12H2,1-2H3,(H2,22,25);3-6,11,20H,7-10,12H2,1-2H3;(H2,4,6);1,6H2. The smallest absolute Gasteiger partial charge is 0.374 e. The zero-order chi connectivity index (χ0) is 77.9. The van der Waals surface area contributed by atoms with Crippen LogP contribution in [-0.4, -0.2) is 172 Å². The normalized spacial score (nSPS) is 17.2. The van der Waals surface area contributed by atoms with E-state index in [-0.39, 0.29) is 40.5 Å². The van der Waals surface area contributed by atoms with E-state index in [1.54, 1.807) is 27.1 Å². The molecule has 3 fully saturated rings. The number of hydrogen-bond donors (Lipinski definition) is 6. The number of nitrogens with two attached hydrogens (primary N) is 4. The maximum absolute atomic E-state index is 14.0. The van der Waals surface area contributed by atoms with Crippen LogP contribution in [0.2, 0.25) is 0 Å². The predicted octanol–water partition coefficient (Wildman–Crippen LogP) is 7.73. The zero-order valence-corrected chi connectivity index (χ0v) is 64.3. The molecule has 15 rings (SSSR count). The average molecular weight is 1660 g/mol. The molecular formula is C66H74BrF6N23O7S5. The lowest BCUT2D eigenvalue weighted by atomic mass is 9.70. The molecule has 12 heterocycles. The minimum atomic E-state index is -4.41. The van der Waals surface area contributed by atoms with Gasteiger partial charge in [0.25, 0.3) is 0 Å². The number of halogens is 7. The molecule has 6 aliphatic heterocycles. The number of amides is 3. The van der Waals surface area contributed by atoms with Crippen molar-refractivity contribution in [3.63, 3.8) is 0 Å². The highest BCUT2D eigenvalue weighted by molar-refractivity contribution is 9.11. The van der Waals surface area contributed by atoms with E-state index in [2.05, 4.69) is 97.7 Å². The number of anilines is 9. The fraction of sp³-hybridized carbons (Fsp3) is 0.409. The predicted molar refractivity (Wildman–Crippen MR) is 400 cm³/mol. The van der Waals surface area contributed by atoms with E-state index in [9.17, 15) is 57.6 Å². The number of benzene rings is 3. The van der Waals surface area contributed by atoms with Crippen molar-refractivity contribution in [3.05, 3.63) is 146 Å². The average Bonchev–Trinajstić information content (AvgIpc) is 0.966. The summed E-state index contributed by atoms with van der Waals surface area (Å²) >= 11 is 6.98. The molecule has 10 N–H and O–H groups in total. The third-order valence-corrected chi connectivity index (χ3v) is 23.3. The monoisotopic (exact) mass is 1650 g/mol. The van der Waals surface area contributed by atoms with Gasteiger partial charge in [-0.15, -0.1) is 30.6 Å². The van der Waals surface area contributed by atoms with E-state index in [0.29, 0.717) is 134 Å². The summed E-state index contributed by atoms with van der Waals surface area (Å²) in [4.78, 5) is 76.5. The molecule has 574 valence electrons. The molecule has 0 atom stereocenters. The number of nitrogens with zero attached hydrogens (tertiary/aromatic N) is 17. The van der Waals surface area contributed by atoms with Gasteiger partial charge in [-0.25, -0.2) is 46.7 Å². The van der Waals surface area contributed by atoms with Crippen LogP contribution in [0, 0.1) is 20.8 Å². The van der Waals surface area contributed by atoms with E-state index < -0.39 is 61.4 Å². The summed E-state index contributed by atoms with van der Waals surface area (Å²) in [6.07, 6.45) is 1.12. The van der Waals surface area contributed by atoms with Gasteiger partial charge < -0.3 is 58.1 Å². The van der Waals surface area contributed by atoms with E-state index in [0.717, 1.165) is 66.9 Å². The third-order valence-electron chi connectivity index (χ3n) is 18.7. The van der Waals surface area contributed by atoms with Crippen LogP contribution in [0.1, 0.15) is 89.0 Å². The van der Waals surface area contributed by atoms with Gasteiger partial charge in [0.05, 0.1) is 59.5 Å². The molecule has 3 aromatic carbocycles. The van der Waals surface area contributed by atoms with Crippen LogP contribution < -0.4 is 58.1 Å². The van der Waals surface area contributed by atoms with Gasteiger partial charge >= 0.3 is 12.4 Å². The fourth-order valence-corrected chi connectivity index (χ4v) is 16.5. The van der Waals surface area contributed by atoms with Gasteiger partial charge in [-0.3, -0.25) is 14.4 Å². The van der Waals surface area contributed by atoms with Crippen molar-refractivity contribution in [2.45, 2.75) is 118 Å². The maximum atomic E-state index is 14.0. The second-order valence-electron chi connectivity index (χ2n) is 26.3. The summed E-state index contributed by atoms with van der Waals surface area (Å²) in [7, 11) is -7.16. The molecule has 0 unspecified atom stereocenters. The third kappa shape index (κ3) is 18.0. The van der Waals surface area contributed by atoms with Crippen LogP contribution in [0.3, 0.4) is 0 Å². The molecule has 6 aliphatic rings. The number of fused-ring (bicyclic) bond motifs is 6. The highest BCUT2D eigenvalue weighted by atomic mass is 79.9. The number of nitrogen functional groups attached to an aromatic ring is 3. The molecule has 0 aliphatic carbocycles. The Morgan fingerprint density at radius 1 is 0.500 bits per heavy atom. The molecule has 3 spiro atoms. The van der Waals surface area contributed by atoms with Crippen LogP contribution in [-0.2, 0) is 69.9 Å². The van der Waals surface area contributed by atoms with Crippen LogP contribution in [0.15, 0.2) is 106 Å². The molecule has 0 radical (unpaired) electrons.